The molecule has 3 N–H and O–H groups in total. The number of aliphatic hydroxyl groups excluding tert-OH is 1. The molecule has 3 atom stereocenters. The highest BCUT2D eigenvalue weighted by Crippen LogP contribution is 2.52. The largest absolute Gasteiger partial charge is 0.507 e. The Balaban J connectivity index is 1.59. The Kier molecular flexibility index (Phi) is 10.1. The summed E-state index contributed by atoms with van der Waals surface area (Å²) < 4.78 is 115. The molecule has 0 unspecified atom stereocenters. The van der Waals surface area contributed by atoms with Crippen molar-refractivity contribution in [2.75, 3.05) is 14.2 Å². The van der Waals surface area contributed by atoms with E-state index in [0.29, 0.717) is 18.5 Å². The number of hydrogen-bond donors (Lipinski definition) is 3. The normalized spacial score (nSPS) is 20.1. The fourth-order valence-corrected chi connectivity index (χ4v) is 7.64. The highest BCUT2D eigenvalue weighted by molar-refractivity contribution is 6.38. The van der Waals surface area contributed by atoms with E-state index in [1.165, 1.54) is 44.7 Å². The molecule has 0 radical (unpaired) electrons. The number of esters is 1. The number of ether oxygens (including phenoxy) is 6. The Morgan fingerprint density at radius 3 is 2.16 bits per heavy atom. The molecule has 1 saturated heterocycles. The summed E-state index contributed by atoms with van der Waals surface area (Å²) in [6.45, 7) is 4.63. The maximum absolute atomic E-state index is 13.7. The Hall–Kier alpha value is -4.65. The zero-order valence-corrected chi connectivity index (χ0v) is 30.6. The zero-order chi connectivity index (χ0) is 40.7. The van der Waals surface area contributed by atoms with Gasteiger partial charge in [-0.3, -0.25) is 4.79 Å². The number of aromatic nitrogens is 1. The molecule has 55 heavy (non-hydrogen) atoms. The molecule has 12 nitrogen and oxygen atoms in total. The standard InChI is InChI=1S/C36H34ClF6NO11/c1-7-8-15-25(37)22-23(31(48)44(15)4)26(47)21-14(28(22)51-6)10-9-13-20(21)16(45)11-18(27(13)50-5)52-29-17(46)12-19-30(55-34(2,3)54-19)24(29)32(49)53-33(35(38,39)40)36(41,42)43/h9-11,17,19,30,33,45-47H,7-8,12H2,1-6H3/t17-,19-,30-/m0/s1. The fourth-order valence-electron chi connectivity index (χ4n) is 7.24. The number of rotatable bonds is 8. The minimum absolute atomic E-state index is 0.00378. The summed E-state index contributed by atoms with van der Waals surface area (Å²) >= 11 is 6.81. The molecule has 2 heterocycles. The van der Waals surface area contributed by atoms with Gasteiger partial charge in [0.25, 0.3) is 11.7 Å². The van der Waals surface area contributed by atoms with Gasteiger partial charge in [-0.25, -0.2) is 4.79 Å². The number of carbonyl (C=O) groups is 1. The van der Waals surface area contributed by atoms with Gasteiger partial charge in [-0.2, -0.15) is 26.3 Å². The molecule has 0 saturated carbocycles. The van der Waals surface area contributed by atoms with Crippen LogP contribution in [0.1, 0.15) is 39.3 Å². The minimum atomic E-state index is -6.07. The number of halogens is 7. The predicted octanol–water partition coefficient (Wildman–Crippen LogP) is 6.83. The van der Waals surface area contributed by atoms with Crippen molar-refractivity contribution in [2.45, 2.75) is 82.6 Å². The van der Waals surface area contributed by atoms with Crippen molar-refractivity contribution in [2.24, 2.45) is 7.05 Å². The van der Waals surface area contributed by atoms with Crippen LogP contribution in [-0.4, -0.2) is 82.6 Å². The minimum Gasteiger partial charge on any atom is -0.507 e. The summed E-state index contributed by atoms with van der Waals surface area (Å²) in [5.74, 6) is -6.44. The molecule has 4 aromatic rings. The van der Waals surface area contributed by atoms with Crippen LogP contribution in [0.4, 0.5) is 26.3 Å². The molecule has 0 bridgehead atoms. The summed E-state index contributed by atoms with van der Waals surface area (Å²) in [5.41, 5.74) is -1.18. The number of aliphatic hydroxyl groups is 1. The van der Waals surface area contributed by atoms with E-state index in [0.717, 1.165) is 13.2 Å². The number of fused-ring (bicyclic) bond motifs is 5. The first kappa shape index (κ1) is 40.0. The molecule has 1 aliphatic heterocycles. The van der Waals surface area contributed by atoms with Crippen molar-refractivity contribution >= 4 is 49.9 Å². The average molecular weight is 806 g/mol. The smallest absolute Gasteiger partial charge is 0.434 e. The number of alkyl halides is 6. The van der Waals surface area contributed by atoms with Crippen LogP contribution in [0.15, 0.2) is 34.3 Å². The van der Waals surface area contributed by atoms with Crippen LogP contribution < -0.4 is 19.8 Å². The number of carbonyl (C=O) groups excluding carboxylic acids is 1. The van der Waals surface area contributed by atoms with E-state index in [2.05, 4.69) is 4.74 Å². The van der Waals surface area contributed by atoms with Gasteiger partial charge >= 0.3 is 18.3 Å². The maximum Gasteiger partial charge on any atom is 0.434 e. The number of nitrogens with zero attached hydrogens (tertiary/aromatic N) is 1. The summed E-state index contributed by atoms with van der Waals surface area (Å²) in [6, 6.07) is 3.77. The SMILES string of the molecule is CCCc1c(Cl)c2c(OC)c3ccc4c(OC)c(OC5=C(C(=O)OC(C(F)(F)F)C(F)(F)F)[C@H]6OC(C)(C)O[C@H]6C[C@@H]5O)cc(O)c4c3c(O)c2c(=O)n1C. The topological polar surface area (TPSA) is 155 Å². The monoisotopic (exact) mass is 805 g/mol. The van der Waals surface area contributed by atoms with Crippen LogP contribution >= 0.6 is 11.6 Å². The van der Waals surface area contributed by atoms with Gasteiger partial charge in [0.15, 0.2) is 17.3 Å². The molecule has 1 fully saturated rings. The second-order valence-electron chi connectivity index (χ2n) is 13.4. The molecule has 0 amide bonds. The maximum atomic E-state index is 13.7. The lowest BCUT2D eigenvalue weighted by Crippen LogP contribution is -2.48. The number of phenols is 2. The van der Waals surface area contributed by atoms with Gasteiger partial charge < -0.3 is 48.3 Å². The molecular formula is C36H34ClF6NO11. The fraction of sp³-hybridized carbons (Fsp3) is 0.444. The van der Waals surface area contributed by atoms with Gasteiger partial charge in [0.05, 0.1) is 36.1 Å². The highest BCUT2D eigenvalue weighted by atomic mass is 35.5. The molecule has 1 aliphatic carbocycles. The molecular weight excluding hydrogens is 772 g/mol. The molecule has 0 spiro atoms. The lowest BCUT2D eigenvalue weighted by molar-refractivity contribution is -0.312. The van der Waals surface area contributed by atoms with Gasteiger partial charge in [-0.05, 0) is 32.4 Å². The van der Waals surface area contributed by atoms with E-state index < -0.39 is 89.1 Å². The molecule has 2 aliphatic rings. The third-order valence-electron chi connectivity index (χ3n) is 9.44. The zero-order valence-electron chi connectivity index (χ0n) is 29.9. The van der Waals surface area contributed by atoms with Gasteiger partial charge in [0, 0.05) is 46.8 Å². The lowest BCUT2D eigenvalue weighted by atomic mass is 9.90. The number of benzene rings is 3. The van der Waals surface area contributed by atoms with E-state index in [1.807, 2.05) is 6.92 Å². The van der Waals surface area contributed by atoms with Crippen LogP contribution in [0, 0.1) is 0 Å². The first-order valence-corrected chi connectivity index (χ1v) is 17.0. The summed E-state index contributed by atoms with van der Waals surface area (Å²) in [5, 5.41) is 34.5. The lowest BCUT2D eigenvalue weighted by Gasteiger charge is -2.32. The summed E-state index contributed by atoms with van der Waals surface area (Å²) in [7, 11) is 3.96. The van der Waals surface area contributed by atoms with Crippen LogP contribution in [0.5, 0.6) is 28.7 Å². The highest BCUT2D eigenvalue weighted by Gasteiger charge is 2.61. The predicted molar refractivity (Wildman–Crippen MR) is 184 cm³/mol. The summed E-state index contributed by atoms with van der Waals surface area (Å²) in [4.78, 5) is 27.1. The van der Waals surface area contributed by atoms with Crippen molar-refractivity contribution < 1.29 is 74.9 Å². The molecule has 298 valence electrons. The number of methoxy groups -OCH3 is 2. The number of phenolic OH excluding ortho intramolecular Hbond substituents is 2. The number of pyridine rings is 1. The van der Waals surface area contributed by atoms with E-state index in [-0.39, 0.29) is 48.8 Å². The van der Waals surface area contributed by atoms with Crippen LogP contribution in [-0.2, 0) is 32.5 Å². The molecule has 3 aromatic carbocycles. The van der Waals surface area contributed by atoms with Gasteiger partial charge in [-0.1, -0.05) is 24.9 Å². The van der Waals surface area contributed by atoms with Crippen molar-refractivity contribution in [3.63, 3.8) is 0 Å². The number of aromatic hydroxyl groups is 2. The van der Waals surface area contributed by atoms with Crippen LogP contribution in [0.2, 0.25) is 5.02 Å². The van der Waals surface area contributed by atoms with Gasteiger partial charge in [0.2, 0.25) is 0 Å². The quantitative estimate of drug-likeness (QED) is 0.0743. The molecule has 19 heteroatoms. The Labute approximate surface area is 312 Å². The Morgan fingerprint density at radius 1 is 1.00 bits per heavy atom. The summed E-state index contributed by atoms with van der Waals surface area (Å²) in [6.07, 6.45) is -20.8. The van der Waals surface area contributed by atoms with E-state index in [4.69, 9.17) is 35.3 Å². The average Bonchev–Trinajstić information content (AvgIpc) is 3.39. The first-order valence-electron chi connectivity index (χ1n) is 16.6. The van der Waals surface area contributed by atoms with Crippen molar-refractivity contribution in [3.05, 3.63) is 50.6 Å². The van der Waals surface area contributed by atoms with E-state index >= 15 is 0 Å². The third-order valence-corrected chi connectivity index (χ3v) is 9.84. The van der Waals surface area contributed by atoms with Gasteiger partial charge in [0.1, 0.15) is 40.8 Å². The van der Waals surface area contributed by atoms with Crippen molar-refractivity contribution in [3.8, 4) is 28.7 Å². The van der Waals surface area contributed by atoms with E-state index in [9.17, 15) is 51.3 Å². The van der Waals surface area contributed by atoms with E-state index in [1.54, 1.807) is 0 Å². The second-order valence-corrected chi connectivity index (χ2v) is 13.8. The second kappa shape index (κ2) is 13.8. The molecule has 6 rings (SSSR count). The molecule has 1 aromatic heterocycles. The van der Waals surface area contributed by atoms with Crippen molar-refractivity contribution in [1.82, 2.24) is 4.57 Å². The van der Waals surface area contributed by atoms with Crippen LogP contribution in [0.25, 0.3) is 32.3 Å². The van der Waals surface area contributed by atoms with Gasteiger partial charge in [-0.15, -0.1) is 0 Å². The Morgan fingerprint density at radius 2 is 1.60 bits per heavy atom. The van der Waals surface area contributed by atoms with Crippen LogP contribution in [0.3, 0.4) is 0 Å². The third kappa shape index (κ3) is 6.61. The first-order chi connectivity index (χ1) is 25.6. The van der Waals surface area contributed by atoms with Crippen molar-refractivity contribution in [1.29, 1.82) is 0 Å². The number of hydrogen-bond acceptors (Lipinski definition) is 11. The Bertz CT molecular complexity index is 2320.